The molecule has 7 nitrogen and oxygen atoms in total. The molecule has 0 spiro atoms. The molecule has 0 heterocycles. The predicted octanol–water partition coefficient (Wildman–Crippen LogP) is -0.510. The molecule has 0 radical (unpaired) electrons. The van der Waals surface area contributed by atoms with E-state index in [4.69, 9.17) is 9.84 Å². The fraction of sp³-hybridized carbons (Fsp3) is 0.308. The summed E-state index contributed by atoms with van der Waals surface area (Å²) in [4.78, 5) is 10.9. The van der Waals surface area contributed by atoms with Gasteiger partial charge in [0.05, 0.1) is 24.7 Å². The number of esters is 1. The number of benzene rings is 1. The largest absolute Gasteiger partial charge is 0.495 e. The number of carbonyl (C=O) groups is 1. The lowest BCUT2D eigenvalue weighted by molar-refractivity contribution is -0.139. The van der Waals surface area contributed by atoms with Gasteiger partial charge in [0.1, 0.15) is 18.9 Å². The van der Waals surface area contributed by atoms with Crippen molar-refractivity contribution >= 4 is 16.0 Å². The Morgan fingerprint density at radius 2 is 2.10 bits per heavy atom. The quantitative estimate of drug-likeness (QED) is 0.561. The molecule has 2 N–H and O–H groups in total. The van der Waals surface area contributed by atoms with Crippen molar-refractivity contribution in [1.82, 2.24) is 4.72 Å². The minimum absolute atomic E-state index is 0.0746. The van der Waals surface area contributed by atoms with Crippen LogP contribution in [0.5, 0.6) is 5.75 Å². The van der Waals surface area contributed by atoms with Crippen molar-refractivity contribution in [3.8, 4) is 17.6 Å². The van der Waals surface area contributed by atoms with Gasteiger partial charge in [-0.15, -0.1) is 0 Å². The van der Waals surface area contributed by atoms with Crippen LogP contribution in [-0.4, -0.2) is 46.9 Å². The fourth-order valence-electron chi connectivity index (χ4n) is 1.40. The van der Waals surface area contributed by atoms with E-state index >= 15 is 0 Å². The van der Waals surface area contributed by atoms with Gasteiger partial charge in [-0.25, -0.2) is 8.42 Å². The molecule has 21 heavy (non-hydrogen) atoms. The predicted molar refractivity (Wildman–Crippen MR) is 74.2 cm³/mol. The van der Waals surface area contributed by atoms with Crippen LogP contribution in [0.15, 0.2) is 23.1 Å². The van der Waals surface area contributed by atoms with Crippen molar-refractivity contribution in [3.05, 3.63) is 23.8 Å². The normalized spacial score (nSPS) is 10.4. The van der Waals surface area contributed by atoms with Gasteiger partial charge in [-0.3, -0.25) is 4.79 Å². The minimum Gasteiger partial charge on any atom is -0.495 e. The standard InChI is InChI=1S/C13H15NO6S/c1-19-12-6-5-11(8-10(12)4-3-7-15)21(17,18)14-9-13(16)20-2/h5-6,8,14-15H,7,9H2,1-2H3. The smallest absolute Gasteiger partial charge is 0.320 e. The molecule has 0 amide bonds. The lowest BCUT2D eigenvalue weighted by Gasteiger charge is -2.08. The Morgan fingerprint density at radius 3 is 2.67 bits per heavy atom. The molecule has 8 heteroatoms. The lowest BCUT2D eigenvalue weighted by Crippen LogP contribution is -2.30. The average Bonchev–Trinajstić information content (AvgIpc) is 2.50. The number of methoxy groups -OCH3 is 2. The molecule has 0 unspecified atom stereocenters. The van der Waals surface area contributed by atoms with Crippen molar-refractivity contribution in [3.63, 3.8) is 0 Å². The van der Waals surface area contributed by atoms with Crippen molar-refractivity contribution in [2.75, 3.05) is 27.4 Å². The second kappa shape index (κ2) is 7.64. The minimum atomic E-state index is -3.87. The SMILES string of the molecule is COC(=O)CNS(=O)(=O)c1ccc(OC)c(C#CCO)c1. The van der Waals surface area contributed by atoms with Crippen molar-refractivity contribution in [2.45, 2.75) is 4.90 Å². The summed E-state index contributed by atoms with van der Waals surface area (Å²) in [7, 11) is -1.30. The summed E-state index contributed by atoms with van der Waals surface area (Å²) in [5, 5.41) is 8.70. The molecule has 1 rings (SSSR count). The van der Waals surface area contributed by atoms with Crippen LogP contribution in [0, 0.1) is 11.8 Å². The highest BCUT2D eigenvalue weighted by Gasteiger charge is 2.17. The van der Waals surface area contributed by atoms with E-state index in [-0.39, 0.29) is 11.5 Å². The summed E-state index contributed by atoms with van der Waals surface area (Å²) in [5.41, 5.74) is 0.312. The summed E-state index contributed by atoms with van der Waals surface area (Å²) in [5.74, 6) is 4.68. The Morgan fingerprint density at radius 1 is 1.38 bits per heavy atom. The molecule has 0 atom stereocenters. The summed E-state index contributed by atoms with van der Waals surface area (Å²) >= 11 is 0. The molecule has 0 aliphatic rings. The van der Waals surface area contributed by atoms with E-state index in [0.717, 1.165) is 7.11 Å². The van der Waals surface area contributed by atoms with E-state index < -0.39 is 22.5 Å². The number of nitrogens with one attached hydrogen (secondary N) is 1. The van der Waals surface area contributed by atoms with Gasteiger partial charge < -0.3 is 14.6 Å². The highest BCUT2D eigenvalue weighted by atomic mass is 32.2. The second-order valence-electron chi connectivity index (χ2n) is 3.72. The maximum Gasteiger partial charge on any atom is 0.320 e. The molecule has 1 aromatic carbocycles. The number of carbonyl (C=O) groups excluding carboxylic acids is 1. The first-order valence-electron chi connectivity index (χ1n) is 5.79. The number of aliphatic hydroxyl groups excluding tert-OH is 1. The number of rotatable bonds is 5. The molecule has 0 aromatic heterocycles. The zero-order valence-corrected chi connectivity index (χ0v) is 12.4. The van der Waals surface area contributed by atoms with E-state index in [1.54, 1.807) is 0 Å². The Labute approximate surface area is 122 Å². The zero-order chi connectivity index (χ0) is 15.9. The van der Waals surface area contributed by atoms with Crippen LogP contribution in [0.3, 0.4) is 0 Å². The molecule has 0 aliphatic carbocycles. The second-order valence-corrected chi connectivity index (χ2v) is 5.49. The van der Waals surface area contributed by atoms with Crippen molar-refractivity contribution in [1.29, 1.82) is 0 Å². The van der Waals surface area contributed by atoms with Gasteiger partial charge in [-0.2, -0.15) is 4.72 Å². The van der Waals surface area contributed by atoms with Crippen molar-refractivity contribution in [2.24, 2.45) is 0 Å². The van der Waals surface area contributed by atoms with E-state index in [1.807, 2.05) is 0 Å². The van der Waals surface area contributed by atoms with Gasteiger partial charge in [0.25, 0.3) is 0 Å². The number of ether oxygens (including phenoxy) is 2. The monoisotopic (exact) mass is 313 g/mol. The molecular formula is C13H15NO6S. The molecule has 0 fully saturated rings. The van der Waals surface area contributed by atoms with E-state index in [1.165, 1.54) is 25.3 Å². The van der Waals surface area contributed by atoms with Crippen LogP contribution in [0.1, 0.15) is 5.56 Å². The van der Waals surface area contributed by atoms with Gasteiger partial charge in [0, 0.05) is 0 Å². The first-order chi connectivity index (χ1) is 9.94. The van der Waals surface area contributed by atoms with Crippen molar-refractivity contribution < 1.29 is 27.8 Å². The summed E-state index contributed by atoms with van der Waals surface area (Å²) in [6, 6.07) is 4.05. The molecule has 0 saturated carbocycles. The third-order valence-corrected chi connectivity index (χ3v) is 3.82. The molecule has 0 aliphatic heterocycles. The lowest BCUT2D eigenvalue weighted by atomic mass is 10.2. The van der Waals surface area contributed by atoms with Crippen LogP contribution in [0.25, 0.3) is 0 Å². The van der Waals surface area contributed by atoms with Crippen LogP contribution in [0.2, 0.25) is 0 Å². The number of hydrogen-bond donors (Lipinski definition) is 2. The number of hydrogen-bond acceptors (Lipinski definition) is 6. The topological polar surface area (TPSA) is 102 Å². The van der Waals surface area contributed by atoms with E-state index in [0.29, 0.717) is 11.3 Å². The Hall–Kier alpha value is -2.08. The van der Waals surface area contributed by atoms with Crippen LogP contribution >= 0.6 is 0 Å². The molecule has 114 valence electrons. The summed E-state index contributed by atoms with van der Waals surface area (Å²) in [6.07, 6.45) is 0. The molecule has 0 bridgehead atoms. The van der Waals surface area contributed by atoms with Gasteiger partial charge in [-0.1, -0.05) is 11.8 Å². The summed E-state index contributed by atoms with van der Waals surface area (Å²) in [6.45, 7) is -0.830. The number of sulfonamides is 1. The molecule has 0 saturated heterocycles. The first-order valence-corrected chi connectivity index (χ1v) is 7.27. The Kier molecular flexibility index (Phi) is 6.17. The number of aliphatic hydroxyl groups is 1. The fourth-order valence-corrected chi connectivity index (χ4v) is 2.39. The van der Waals surface area contributed by atoms with Crippen LogP contribution in [0.4, 0.5) is 0 Å². The third kappa shape index (κ3) is 4.75. The molecule has 1 aromatic rings. The third-order valence-electron chi connectivity index (χ3n) is 2.42. The van der Waals surface area contributed by atoms with Crippen LogP contribution in [-0.2, 0) is 19.6 Å². The Bertz CT molecular complexity index is 672. The maximum absolute atomic E-state index is 12.0. The van der Waals surface area contributed by atoms with Gasteiger partial charge in [0.2, 0.25) is 10.0 Å². The van der Waals surface area contributed by atoms with Crippen LogP contribution < -0.4 is 9.46 Å². The highest BCUT2D eigenvalue weighted by Crippen LogP contribution is 2.21. The van der Waals surface area contributed by atoms with Gasteiger partial charge in [0.15, 0.2) is 0 Å². The Balaban J connectivity index is 3.10. The van der Waals surface area contributed by atoms with Gasteiger partial charge in [-0.05, 0) is 18.2 Å². The van der Waals surface area contributed by atoms with Gasteiger partial charge >= 0.3 is 5.97 Å². The maximum atomic E-state index is 12.0. The average molecular weight is 313 g/mol. The zero-order valence-electron chi connectivity index (χ0n) is 11.5. The molecular weight excluding hydrogens is 298 g/mol. The first kappa shape index (κ1) is 17.0. The van der Waals surface area contributed by atoms with E-state index in [2.05, 4.69) is 21.3 Å². The highest BCUT2D eigenvalue weighted by molar-refractivity contribution is 7.89. The van der Waals surface area contributed by atoms with E-state index in [9.17, 15) is 13.2 Å². The summed E-state index contributed by atoms with van der Waals surface area (Å²) < 4.78 is 35.6.